The highest BCUT2D eigenvalue weighted by Gasteiger charge is 2.22. The van der Waals surface area contributed by atoms with E-state index in [0.29, 0.717) is 29.9 Å². The molecule has 1 saturated heterocycles. The zero-order valence-electron chi connectivity index (χ0n) is 17.2. The SMILES string of the molecule is Cn1cc([C@@H](O)CNC(=O)C(=O)Nc2cccc(N3CCCC3=O)c2)c2ccccc21. The fourth-order valence-electron chi connectivity index (χ4n) is 3.88. The lowest BCUT2D eigenvalue weighted by Gasteiger charge is -2.17. The van der Waals surface area contributed by atoms with E-state index in [4.69, 9.17) is 0 Å². The molecule has 1 fully saturated rings. The number of benzene rings is 2. The number of carbonyl (C=O) groups is 3. The molecule has 3 amide bonds. The van der Waals surface area contributed by atoms with Crippen LogP contribution in [0.1, 0.15) is 24.5 Å². The van der Waals surface area contributed by atoms with Crippen molar-refractivity contribution in [1.29, 1.82) is 0 Å². The molecule has 3 aromatic rings. The van der Waals surface area contributed by atoms with Crippen LogP contribution in [0.15, 0.2) is 54.7 Å². The van der Waals surface area contributed by atoms with Gasteiger partial charge in [0.15, 0.2) is 0 Å². The summed E-state index contributed by atoms with van der Waals surface area (Å²) in [5.41, 5.74) is 2.76. The fraction of sp³-hybridized carbons (Fsp3) is 0.261. The van der Waals surface area contributed by atoms with Crippen molar-refractivity contribution in [1.82, 2.24) is 9.88 Å². The van der Waals surface area contributed by atoms with Crippen molar-refractivity contribution >= 4 is 40.0 Å². The molecule has 1 atom stereocenters. The van der Waals surface area contributed by atoms with Crippen molar-refractivity contribution < 1.29 is 19.5 Å². The highest BCUT2D eigenvalue weighted by atomic mass is 16.3. The Labute approximate surface area is 179 Å². The number of amides is 3. The molecule has 8 nitrogen and oxygen atoms in total. The van der Waals surface area contributed by atoms with Gasteiger partial charge in [-0.25, -0.2) is 0 Å². The number of anilines is 2. The fourth-order valence-corrected chi connectivity index (χ4v) is 3.88. The van der Waals surface area contributed by atoms with Crippen molar-refractivity contribution in [2.45, 2.75) is 18.9 Å². The molecule has 160 valence electrons. The van der Waals surface area contributed by atoms with Gasteiger partial charge >= 0.3 is 11.8 Å². The van der Waals surface area contributed by atoms with Crippen LogP contribution in [-0.2, 0) is 21.4 Å². The lowest BCUT2D eigenvalue weighted by molar-refractivity contribution is -0.136. The maximum absolute atomic E-state index is 12.3. The summed E-state index contributed by atoms with van der Waals surface area (Å²) in [7, 11) is 1.88. The minimum Gasteiger partial charge on any atom is -0.386 e. The largest absolute Gasteiger partial charge is 0.386 e. The minimum absolute atomic E-state index is 0.0450. The average Bonchev–Trinajstić information content (AvgIpc) is 3.35. The van der Waals surface area contributed by atoms with Gasteiger partial charge in [-0.2, -0.15) is 0 Å². The summed E-state index contributed by atoms with van der Waals surface area (Å²) in [4.78, 5) is 38.1. The van der Waals surface area contributed by atoms with Gasteiger partial charge < -0.3 is 25.2 Å². The van der Waals surface area contributed by atoms with Gasteiger partial charge in [-0.3, -0.25) is 14.4 Å². The van der Waals surface area contributed by atoms with Crippen LogP contribution in [0.2, 0.25) is 0 Å². The number of para-hydroxylation sites is 1. The number of rotatable bonds is 5. The van der Waals surface area contributed by atoms with E-state index >= 15 is 0 Å². The number of aliphatic hydroxyl groups is 1. The summed E-state index contributed by atoms with van der Waals surface area (Å²) in [6.07, 6.45) is 2.18. The quantitative estimate of drug-likeness (QED) is 0.550. The number of hydrogen-bond acceptors (Lipinski definition) is 4. The Kier molecular flexibility index (Phi) is 5.73. The van der Waals surface area contributed by atoms with E-state index in [1.807, 2.05) is 42.1 Å². The Morgan fingerprint density at radius 2 is 1.94 bits per heavy atom. The van der Waals surface area contributed by atoms with E-state index in [9.17, 15) is 19.5 Å². The number of aliphatic hydroxyl groups excluding tert-OH is 1. The molecule has 1 aromatic heterocycles. The molecule has 0 radical (unpaired) electrons. The molecular formula is C23H24N4O4. The molecule has 0 bridgehead atoms. The molecule has 2 heterocycles. The summed E-state index contributed by atoms with van der Waals surface area (Å²) in [5.74, 6) is -1.64. The first-order valence-corrected chi connectivity index (χ1v) is 10.2. The maximum atomic E-state index is 12.3. The van der Waals surface area contributed by atoms with E-state index in [0.717, 1.165) is 17.3 Å². The third-order valence-corrected chi connectivity index (χ3v) is 5.44. The van der Waals surface area contributed by atoms with Gasteiger partial charge in [0, 0.05) is 60.6 Å². The molecule has 31 heavy (non-hydrogen) atoms. The molecule has 3 N–H and O–H groups in total. The van der Waals surface area contributed by atoms with E-state index in [-0.39, 0.29) is 12.5 Å². The Bertz CT molecular complexity index is 1150. The number of nitrogens with zero attached hydrogens (tertiary/aromatic N) is 2. The lowest BCUT2D eigenvalue weighted by atomic mass is 10.1. The van der Waals surface area contributed by atoms with E-state index < -0.39 is 17.9 Å². The molecule has 1 aliphatic rings. The van der Waals surface area contributed by atoms with Crippen LogP contribution >= 0.6 is 0 Å². The maximum Gasteiger partial charge on any atom is 0.313 e. The summed E-state index contributed by atoms with van der Waals surface area (Å²) < 4.78 is 1.90. The van der Waals surface area contributed by atoms with Gasteiger partial charge in [-0.15, -0.1) is 0 Å². The van der Waals surface area contributed by atoms with Crippen LogP contribution in [-0.4, -0.2) is 40.5 Å². The van der Waals surface area contributed by atoms with Crippen molar-refractivity contribution in [3.63, 3.8) is 0 Å². The average molecular weight is 420 g/mol. The third-order valence-electron chi connectivity index (χ3n) is 5.44. The Morgan fingerprint density at radius 3 is 2.71 bits per heavy atom. The monoisotopic (exact) mass is 420 g/mol. The lowest BCUT2D eigenvalue weighted by Crippen LogP contribution is -2.37. The zero-order chi connectivity index (χ0) is 22.0. The van der Waals surface area contributed by atoms with Crippen molar-refractivity contribution in [3.8, 4) is 0 Å². The van der Waals surface area contributed by atoms with E-state index in [2.05, 4.69) is 10.6 Å². The van der Waals surface area contributed by atoms with Gasteiger partial charge in [0.2, 0.25) is 5.91 Å². The molecule has 0 spiro atoms. The smallest absolute Gasteiger partial charge is 0.313 e. The number of carbonyl (C=O) groups excluding carboxylic acids is 3. The van der Waals surface area contributed by atoms with Crippen molar-refractivity contribution in [2.24, 2.45) is 7.05 Å². The zero-order valence-corrected chi connectivity index (χ0v) is 17.2. The first-order valence-electron chi connectivity index (χ1n) is 10.2. The normalized spacial score (nSPS) is 14.6. The number of fused-ring (bicyclic) bond motifs is 1. The summed E-state index contributed by atoms with van der Waals surface area (Å²) in [5, 5.41) is 16.5. The molecule has 8 heteroatoms. The van der Waals surface area contributed by atoms with Crippen LogP contribution in [0, 0.1) is 0 Å². The Balaban J connectivity index is 1.37. The molecule has 0 saturated carbocycles. The summed E-state index contributed by atoms with van der Waals surface area (Å²) in [6, 6.07) is 14.5. The molecule has 4 rings (SSSR count). The Morgan fingerprint density at radius 1 is 1.13 bits per heavy atom. The standard InChI is InChI=1S/C23H24N4O4/c1-26-14-18(17-8-2-3-9-19(17)26)20(28)13-24-22(30)23(31)25-15-6-4-7-16(12-15)27-11-5-10-21(27)29/h2-4,6-9,12,14,20,28H,5,10-11,13H2,1H3,(H,24,30)(H,25,31)/t20-/m0/s1. The van der Waals surface area contributed by atoms with Crippen LogP contribution in [0.25, 0.3) is 10.9 Å². The minimum atomic E-state index is -0.952. The molecule has 0 unspecified atom stereocenters. The van der Waals surface area contributed by atoms with Crippen LogP contribution in [0.4, 0.5) is 11.4 Å². The van der Waals surface area contributed by atoms with Gasteiger partial charge in [0.05, 0.1) is 6.10 Å². The highest BCUT2D eigenvalue weighted by molar-refractivity contribution is 6.39. The van der Waals surface area contributed by atoms with Crippen molar-refractivity contribution in [2.75, 3.05) is 23.3 Å². The third kappa shape index (κ3) is 4.29. The van der Waals surface area contributed by atoms with E-state index in [1.54, 1.807) is 29.2 Å². The Hall–Kier alpha value is -3.65. The second-order valence-corrected chi connectivity index (χ2v) is 7.59. The first kappa shape index (κ1) is 20.6. The number of aromatic nitrogens is 1. The van der Waals surface area contributed by atoms with E-state index in [1.165, 1.54) is 0 Å². The number of hydrogen-bond donors (Lipinski definition) is 3. The number of nitrogens with one attached hydrogen (secondary N) is 2. The number of aryl methyl sites for hydroxylation is 1. The van der Waals surface area contributed by atoms with Crippen LogP contribution in [0.5, 0.6) is 0 Å². The van der Waals surface area contributed by atoms with Gasteiger partial charge in [0.1, 0.15) is 0 Å². The van der Waals surface area contributed by atoms with Crippen LogP contribution < -0.4 is 15.5 Å². The molecule has 0 aliphatic carbocycles. The predicted octanol–water partition coefficient (Wildman–Crippen LogP) is 2.09. The van der Waals surface area contributed by atoms with Gasteiger partial charge in [-0.05, 0) is 30.7 Å². The molecule has 2 aromatic carbocycles. The van der Waals surface area contributed by atoms with Crippen molar-refractivity contribution in [3.05, 3.63) is 60.3 Å². The van der Waals surface area contributed by atoms with Gasteiger partial charge in [-0.1, -0.05) is 24.3 Å². The highest BCUT2D eigenvalue weighted by Crippen LogP contribution is 2.26. The summed E-state index contributed by atoms with van der Waals surface area (Å²) >= 11 is 0. The predicted molar refractivity (Wildman–Crippen MR) is 118 cm³/mol. The van der Waals surface area contributed by atoms with Gasteiger partial charge in [0.25, 0.3) is 0 Å². The second-order valence-electron chi connectivity index (χ2n) is 7.59. The first-order chi connectivity index (χ1) is 14.9. The second kappa shape index (κ2) is 8.61. The molecular weight excluding hydrogens is 396 g/mol. The molecule has 1 aliphatic heterocycles. The van der Waals surface area contributed by atoms with Crippen LogP contribution in [0.3, 0.4) is 0 Å². The summed E-state index contributed by atoms with van der Waals surface area (Å²) in [6.45, 7) is 0.547. The topological polar surface area (TPSA) is 104 Å².